The molecule has 2 aliphatic rings. The van der Waals surface area contributed by atoms with Crippen LogP contribution in [-0.4, -0.2) is 74.1 Å². The lowest BCUT2D eigenvalue weighted by molar-refractivity contribution is -0.147. The van der Waals surface area contributed by atoms with Crippen LogP contribution in [0.1, 0.15) is 67.5 Å². The number of benzene rings is 1. The average molecular weight is 635 g/mol. The molecule has 45 heavy (non-hydrogen) atoms. The number of aromatic nitrogens is 5. The van der Waals surface area contributed by atoms with Crippen molar-refractivity contribution in [2.45, 2.75) is 77.0 Å². The number of sulfonamides is 1. The average Bonchev–Trinajstić information content (AvgIpc) is 3.41. The fourth-order valence-corrected chi connectivity index (χ4v) is 8.08. The van der Waals surface area contributed by atoms with Crippen LogP contribution in [0.4, 0.5) is 0 Å². The molecule has 238 valence electrons. The monoisotopic (exact) mass is 634 g/mol. The number of carboxylic acids is 1. The molecular formula is C32H38N6O6S. The Labute approximate surface area is 262 Å². The lowest BCUT2D eigenvalue weighted by Crippen LogP contribution is -2.50. The van der Waals surface area contributed by atoms with Crippen molar-refractivity contribution >= 4 is 27.0 Å². The fraction of sp³-hybridized carbons (Fsp3) is 0.469. The lowest BCUT2D eigenvalue weighted by atomic mass is 9.70. The summed E-state index contributed by atoms with van der Waals surface area (Å²) in [6, 6.07) is 8.87. The summed E-state index contributed by atoms with van der Waals surface area (Å²) >= 11 is 0. The highest BCUT2D eigenvalue weighted by Crippen LogP contribution is 2.44. The number of nitrogens with zero attached hydrogens (tertiary/aromatic N) is 6. The number of rotatable bonds is 7. The first kappa shape index (κ1) is 31.1. The van der Waals surface area contributed by atoms with Crippen molar-refractivity contribution in [2.75, 3.05) is 19.8 Å². The van der Waals surface area contributed by atoms with Gasteiger partial charge in [0.05, 0.1) is 30.7 Å². The van der Waals surface area contributed by atoms with Gasteiger partial charge in [-0.05, 0) is 75.1 Å². The van der Waals surface area contributed by atoms with E-state index < -0.39 is 32.9 Å². The zero-order chi connectivity index (χ0) is 32.1. The Morgan fingerprint density at radius 3 is 2.62 bits per heavy atom. The molecule has 0 saturated carbocycles. The molecule has 1 saturated heterocycles. The molecule has 3 aromatic heterocycles. The molecule has 12 nitrogen and oxygen atoms in total. The molecule has 0 radical (unpaired) electrons. The largest absolute Gasteiger partial charge is 0.481 e. The second-order valence-electron chi connectivity index (χ2n) is 12.5. The molecule has 4 aromatic rings. The molecule has 13 heteroatoms. The van der Waals surface area contributed by atoms with Crippen molar-refractivity contribution in [2.24, 2.45) is 5.41 Å². The maximum atomic E-state index is 14.1. The van der Waals surface area contributed by atoms with Crippen molar-refractivity contribution in [1.82, 2.24) is 29.3 Å². The third kappa shape index (κ3) is 5.36. The van der Waals surface area contributed by atoms with Gasteiger partial charge in [-0.1, -0.05) is 17.3 Å². The summed E-state index contributed by atoms with van der Waals surface area (Å²) in [6.45, 7) is 10.8. The van der Waals surface area contributed by atoms with Gasteiger partial charge in [0.25, 0.3) is 0 Å². The van der Waals surface area contributed by atoms with Gasteiger partial charge in [-0.3, -0.25) is 9.78 Å². The Morgan fingerprint density at radius 2 is 1.91 bits per heavy atom. The minimum absolute atomic E-state index is 0.0177. The molecule has 0 aliphatic carbocycles. The van der Waals surface area contributed by atoms with Crippen LogP contribution in [0.2, 0.25) is 0 Å². The van der Waals surface area contributed by atoms with E-state index in [1.54, 1.807) is 30.8 Å². The van der Waals surface area contributed by atoms with E-state index in [-0.39, 0.29) is 23.9 Å². The van der Waals surface area contributed by atoms with Crippen molar-refractivity contribution in [3.8, 4) is 5.88 Å². The fourth-order valence-electron chi connectivity index (χ4n) is 6.52. The highest BCUT2D eigenvalue weighted by atomic mass is 32.2. The highest BCUT2D eigenvalue weighted by molar-refractivity contribution is 7.89. The summed E-state index contributed by atoms with van der Waals surface area (Å²) in [5, 5.41) is 19.1. The normalized spacial score (nSPS) is 18.7. The van der Waals surface area contributed by atoms with Crippen LogP contribution in [-0.2, 0) is 32.6 Å². The summed E-state index contributed by atoms with van der Waals surface area (Å²) in [5.74, 6) is -1.49. The molecule has 0 bridgehead atoms. The second kappa shape index (κ2) is 11.5. The molecule has 1 spiro atoms. The Hall–Kier alpha value is -3.94. The first-order valence-corrected chi connectivity index (χ1v) is 16.6. The van der Waals surface area contributed by atoms with Crippen molar-refractivity contribution in [1.29, 1.82) is 0 Å². The number of aryl methyl sites for hydroxylation is 3. The summed E-state index contributed by atoms with van der Waals surface area (Å²) in [7, 11) is -4.00. The number of ether oxygens (including phenoxy) is 2. The summed E-state index contributed by atoms with van der Waals surface area (Å²) in [4.78, 5) is 21.7. The number of pyridine rings is 2. The van der Waals surface area contributed by atoms with Crippen LogP contribution in [0.25, 0.3) is 11.0 Å². The zero-order valence-electron chi connectivity index (χ0n) is 26.1. The van der Waals surface area contributed by atoms with Crippen molar-refractivity contribution in [3.05, 3.63) is 70.7 Å². The number of aliphatic carboxylic acids is 1. The van der Waals surface area contributed by atoms with Crippen LogP contribution >= 0.6 is 0 Å². The molecule has 2 aliphatic heterocycles. The lowest BCUT2D eigenvalue weighted by Gasteiger charge is -2.38. The predicted octanol–water partition coefficient (Wildman–Crippen LogP) is 4.23. The summed E-state index contributed by atoms with van der Waals surface area (Å²) in [5.41, 5.74) is 3.18. The Kier molecular flexibility index (Phi) is 7.90. The van der Waals surface area contributed by atoms with Gasteiger partial charge >= 0.3 is 5.97 Å². The maximum absolute atomic E-state index is 14.1. The number of carboxylic acid groups (broad SMARTS) is 1. The quantitative estimate of drug-likeness (QED) is 0.313. The minimum Gasteiger partial charge on any atom is -0.481 e. The van der Waals surface area contributed by atoms with Gasteiger partial charge in [0, 0.05) is 49.9 Å². The van der Waals surface area contributed by atoms with Gasteiger partial charge in [0.15, 0.2) is 0 Å². The van der Waals surface area contributed by atoms with E-state index in [4.69, 9.17) is 9.47 Å². The maximum Gasteiger partial charge on any atom is 0.310 e. The molecular weight excluding hydrogens is 596 g/mol. The Balaban J connectivity index is 1.46. The van der Waals surface area contributed by atoms with Gasteiger partial charge in [-0.2, -0.15) is 4.31 Å². The van der Waals surface area contributed by atoms with E-state index >= 15 is 0 Å². The molecule has 0 amide bonds. The number of fused-ring (bicyclic) bond motifs is 2. The molecule has 1 atom stereocenters. The third-order valence-corrected chi connectivity index (χ3v) is 11.1. The van der Waals surface area contributed by atoms with Gasteiger partial charge in [-0.25, -0.2) is 18.1 Å². The third-order valence-electron chi connectivity index (χ3n) is 9.29. The standard InChI is InChI=1S/C32H38N6O6S/c1-6-38-25-10-9-24(20(2)28(25)35-36-38)27(31(4,5)30(39)40)22-16-23(21(3)34-17-22)18-37-19-32(11-14-43-15-12-32)44-29-26(45(37,41)42)8-7-13-33-29/h7-10,13,16-17,27H,6,11-12,14-15,18-19H2,1-5H3,(H,39,40). The zero-order valence-corrected chi connectivity index (χ0v) is 27.0. The molecule has 1 fully saturated rings. The summed E-state index contributed by atoms with van der Waals surface area (Å²) < 4.78 is 43.4. The smallest absolute Gasteiger partial charge is 0.310 e. The molecule has 1 aromatic carbocycles. The van der Waals surface area contributed by atoms with E-state index in [0.29, 0.717) is 54.9 Å². The molecule has 6 rings (SSSR count). The highest BCUT2D eigenvalue weighted by Gasteiger charge is 2.46. The van der Waals surface area contributed by atoms with Crippen LogP contribution in [0.5, 0.6) is 5.88 Å². The number of hydrogen-bond acceptors (Lipinski definition) is 9. The van der Waals surface area contributed by atoms with Crippen LogP contribution < -0.4 is 4.74 Å². The van der Waals surface area contributed by atoms with Gasteiger partial charge in [-0.15, -0.1) is 5.10 Å². The predicted molar refractivity (Wildman–Crippen MR) is 165 cm³/mol. The van der Waals surface area contributed by atoms with E-state index in [1.807, 2.05) is 39.0 Å². The molecule has 1 unspecified atom stereocenters. The van der Waals surface area contributed by atoms with Gasteiger partial charge in [0.2, 0.25) is 15.9 Å². The van der Waals surface area contributed by atoms with E-state index in [0.717, 1.165) is 16.6 Å². The summed E-state index contributed by atoms with van der Waals surface area (Å²) in [6.07, 6.45) is 4.26. The molecule has 5 heterocycles. The van der Waals surface area contributed by atoms with Crippen LogP contribution in [0, 0.1) is 19.3 Å². The minimum atomic E-state index is -4.00. The molecule has 1 N–H and O–H groups in total. The Morgan fingerprint density at radius 1 is 1.16 bits per heavy atom. The van der Waals surface area contributed by atoms with Gasteiger partial charge < -0.3 is 14.6 Å². The van der Waals surface area contributed by atoms with Crippen LogP contribution in [0.15, 0.2) is 47.6 Å². The topological polar surface area (TPSA) is 150 Å². The van der Waals surface area contributed by atoms with E-state index in [9.17, 15) is 18.3 Å². The number of hydrogen-bond donors (Lipinski definition) is 1. The number of carbonyl (C=O) groups is 1. The Bertz CT molecular complexity index is 1880. The van der Waals surface area contributed by atoms with Crippen LogP contribution in [0.3, 0.4) is 0 Å². The van der Waals surface area contributed by atoms with E-state index in [1.165, 1.54) is 16.6 Å². The van der Waals surface area contributed by atoms with Crippen molar-refractivity contribution < 1.29 is 27.8 Å². The second-order valence-corrected chi connectivity index (χ2v) is 14.4. The van der Waals surface area contributed by atoms with E-state index in [2.05, 4.69) is 20.3 Å². The first-order chi connectivity index (χ1) is 21.4. The van der Waals surface area contributed by atoms with Crippen molar-refractivity contribution in [3.63, 3.8) is 0 Å². The first-order valence-electron chi connectivity index (χ1n) is 15.1. The SMILES string of the molecule is CCn1nnc2c(C)c(C(c3cnc(C)c(CN4CC5(CCOCC5)Oc5ncccc5S4(=O)=O)c3)C(C)(C)C(=O)O)ccc21. The van der Waals surface area contributed by atoms with Gasteiger partial charge in [0.1, 0.15) is 16.0 Å².